The Morgan fingerprint density at radius 3 is 2.24 bits per heavy atom. The van der Waals surface area contributed by atoms with Crippen LogP contribution in [0.4, 0.5) is 5.69 Å². The van der Waals surface area contributed by atoms with Crippen LogP contribution in [0, 0.1) is 10.1 Å². The van der Waals surface area contributed by atoms with Crippen molar-refractivity contribution < 1.29 is 4.92 Å². The van der Waals surface area contributed by atoms with Gasteiger partial charge in [-0.15, -0.1) is 11.8 Å². The van der Waals surface area contributed by atoms with E-state index in [2.05, 4.69) is 0 Å². The molecule has 0 unspecified atom stereocenters. The van der Waals surface area contributed by atoms with Gasteiger partial charge in [-0.3, -0.25) is 14.9 Å². The largest absolute Gasteiger partial charge is 0.303 e. The second-order valence-electron chi connectivity index (χ2n) is 6.61. The summed E-state index contributed by atoms with van der Waals surface area (Å²) in [6, 6.07) is 23.9. The van der Waals surface area contributed by atoms with Crippen molar-refractivity contribution in [3.05, 3.63) is 105 Å². The van der Waals surface area contributed by atoms with E-state index in [0.717, 1.165) is 21.4 Å². The molecular formula is C23H18N2O3S. The number of hydrogen-bond acceptors (Lipinski definition) is 4. The van der Waals surface area contributed by atoms with Crippen molar-refractivity contribution in [1.29, 1.82) is 0 Å². The molecule has 3 aromatic carbocycles. The Labute approximate surface area is 171 Å². The SMILES string of the molecule is CSc1c(-c2ccc([N+](=O)[O-])cc2)c(=O)n(Cc2ccccc2)c2ccccc12. The van der Waals surface area contributed by atoms with E-state index in [-0.39, 0.29) is 11.2 Å². The van der Waals surface area contributed by atoms with Crippen LogP contribution in [-0.4, -0.2) is 15.7 Å². The molecule has 0 N–H and O–H groups in total. The fourth-order valence-electron chi connectivity index (χ4n) is 3.52. The second kappa shape index (κ2) is 7.93. The van der Waals surface area contributed by atoms with Gasteiger partial charge in [0.15, 0.2) is 0 Å². The van der Waals surface area contributed by atoms with E-state index < -0.39 is 4.92 Å². The summed E-state index contributed by atoms with van der Waals surface area (Å²) in [5, 5.41) is 12.0. The van der Waals surface area contributed by atoms with Crippen molar-refractivity contribution in [2.24, 2.45) is 0 Å². The number of aromatic nitrogens is 1. The van der Waals surface area contributed by atoms with Crippen LogP contribution in [0.3, 0.4) is 0 Å². The minimum atomic E-state index is -0.437. The molecule has 0 aliphatic carbocycles. The van der Waals surface area contributed by atoms with Gasteiger partial charge in [0.25, 0.3) is 11.2 Å². The highest BCUT2D eigenvalue weighted by atomic mass is 32.2. The lowest BCUT2D eigenvalue weighted by molar-refractivity contribution is -0.384. The molecule has 144 valence electrons. The zero-order valence-corrected chi connectivity index (χ0v) is 16.6. The maximum absolute atomic E-state index is 13.6. The smallest absolute Gasteiger partial charge is 0.269 e. The Kier molecular flexibility index (Phi) is 5.18. The van der Waals surface area contributed by atoms with E-state index in [9.17, 15) is 14.9 Å². The van der Waals surface area contributed by atoms with Gasteiger partial charge in [-0.05, 0) is 35.6 Å². The molecule has 0 atom stereocenters. The molecule has 0 fully saturated rings. The van der Waals surface area contributed by atoms with Crippen LogP contribution in [0.2, 0.25) is 0 Å². The normalized spacial score (nSPS) is 10.9. The van der Waals surface area contributed by atoms with Crippen molar-refractivity contribution in [1.82, 2.24) is 4.57 Å². The van der Waals surface area contributed by atoms with Crippen LogP contribution in [-0.2, 0) is 6.54 Å². The third-order valence-electron chi connectivity index (χ3n) is 4.88. The van der Waals surface area contributed by atoms with Crippen LogP contribution in [0.25, 0.3) is 22.0 Å². The zero-order chi connectivity index (χ0) is 20.4. The first-order valence-corrected chi connectivity index (χ1v) is 10.3. The molecule has 6 heteroatoms. The molecule has 4 rings (SSSR count). The quantitative estimate of drug-likeness (QED) is 0.256. The summed E-state index contributed by atoms with van der Waals surface area (Å²) < 4.78 is 1.78. The first-order valence-electron chi connectivity index (χ1n) is 9.08. The number of hydrogen-bond donors (Lipinski definition) is 0. The third kappa shape index (κ3) is 3.54. The van der Waals surface area contributed by atoms with E-state index in [0.29, 0.717) is 17.7 Å². The van der Waals surface area contributed by atoms with E-state index in [1.807, 2.05) is 60.9 Å². The van der Waals surface area contributed by atoms with E-state index in [4.69, 9.17) is 0 Å². The van der Waals surface area contributed by atoms with Gasteiger partial charge in [-0.25, -0.2) is 0 Å². The van der Waals surface area contributed by atoms with Gasteiger partial charge in [0.1, 0.15) is 0 Å². The summed E-state index contributed by atoms with van der Waals surface area (Å²) in [4.78, 5) is 25.0. The molecule has 0 saturated heterocycles. The Morgan fingerprint density at radius 2 is 1.59 bits per heavy atom. The van der Waals surface area contributed by atoms with Gasteiger partial charge in [-0.2, -0.15) is 0 Å². The Bertz CT molecular complexity index is 1250. The van der Waals surface area contributed by atoms with Gasteiger partial charge in [-0.1, -0.05) is 48.5 Å². The summed E-state index contributed by atoms with van der Waals surface area (Å²) in [7, 11) is 0. The predicted octanol–water partition coefficient (Wildman–Crippen LogP) is 5.35. The van der Waals surface area contributed by atoms with Crippen LogP contribution in [0.5, 0.6) is 0 Å². The van der Waals surface area contributed by atoms with Crippen LogP contribution < -0.4 is 5.56 Å². The molecule has 0 spiro atoms. The number of nitro groups is 1. The van der Waals surface area contributed by atoms with E-state index in [1.165, 1.54) is 23.9 Å². The molecule has 0 bridgehead atoms. The van der Waals surface area contributed by atoms with Crippen molar-refractivity contribution in [3.63, 3.8) is 0 Å². The minimum absolute atomic E-state index is 0.00449. The number of fused-ring (bicyclic) bond motifs is 1. The molecule has 29 heavy (non-hydrogen) atoms. The minimum Gasteiger partial charge on any atom is -0.303 e. The topological polar surface area (TPSA) is 65.1 Å². The molecule has 5 nitrogen and oxygen atoms in total. The average molecular weight is 402 g/mol. The van der Waals surface area contributed by atoms with Gasteiger partial charge in [0.05, 0.1) is 22.5 Å². The number of para-hydroxylation sites is 1. The number of non-ortho nitro benzene ring substituents is 1. The molecule has 0 amide bonds. The molecule has 1 aromatic heterocycles. The Balaban J connectivity index is 1.99. The van der Waals surface area contributed by atoms with Gasteiger partial charge in [0.2, 0.25) is 0 Å². The fourth-order valence-corrected chi connectivity index (χ4v) is 4.32. The van der Waals surface area contributed by atoms with Gasteiger partial charge < -0.3 is 4.57 Å². The number of benzene rings is 3. The van der Waals surface area contributed by atoms with Crippen molar-refractivity contribution in [2.75, 3.05) is 6.26 Å². The summed E-state index contributed by atoms with van der Waals surface area (Å²) in [5.74, 6) is 0. The molecule has 0 aliphatic rings. The lowest BCUT2D eigenvalue weighted by atomic mass is 10.0. The molecular weight excluding hydrogens is 384 g/mol. The molecule has 4 aromatic rings. The number of nitrogens with zero attached hydrogens (tertiary/aromatic N) is 2. The summed E-state index contributed by atoms with van der Waals surface area (Å²) in [6.07, 6.45) is 1.94. The summed E-state index contributed by atoms with van der Waals surface area (Å²) in [5.41, 5.74) is 3.05. The predicted molar refractivity (Wildman–Crippen MR) is 118 cm³/mol. The van der Waals surface area contributed by atoms with Crippen LogP contribution in [0.1, 0.15) is 5.56 Å². The Hall–Kier alpha value is -3.38. The monoisotopic (exact) mass is 402 g/mol. The Morgan fingerprint density at radius 1 is 0.931 bits per heavy atom. The highest BCUT2D eigenvalue weighted by molar-refractivity contribution is 7.99. The van der Waals surface area contributed by atoms with Crippen molar-refractivity contribution in [3.8, 4) is 11.1 Å². The molecule has 0 radical (unpaired) electrons. The van der Waals surface area contributed by atoms with Crippen LogP contribution in [0.15, 0.2) is 88.6 Å². The second-order valence-corrected chi connectivity index (χ2v) is 7.42. The number of thioether (sulfide) groups is 1. The number of pyridine rings is 1. The average Bonchev–Trinajstić information content (AvgIpc) is 2.76. The highest BCUT2D eigenvalue weighted by Gasteiger charge is 2.18. The van der Waals surface area contributed by atoms with Gasteiger partial charge >= 0.3 is 0 Å². The summed E-state index contributed by atoms with van der Waals surface area (Å²) >= 11 is 1.51. The maximum atomic E-state index is 13.6. The number of nitro benzene ring substituents is 1. The maximum Gasteiger partial charge on any atom is 0.269 e. The highest BCUT2D eigenvalue weighted by Crippen LogP contribution is 2.34. The van der Waals surface area contributed by atoms with Crippen molar-refractivity contribution in [2.45, 2.75) is 11.4 Å². The lowest BCUT2D eigenvalue weighted by Gasteiger charge is -2.17. The zero-order valence-electron chi connectivity index (χ0n) is 15.7. The molecule has 0 aliphatic heterocycles. The molecule has 1 heterocycles. The standard InChI is InChI=1S/C23H18N2O3S/c1-29-22-19-9-5-6-10-20(19)24(15-16-7-3-2-4-8-16)23(26)21(22)17-11-13-18(14-12-17)25(27)28/h2-14H,15H2,1H3. The van der Waals surface area contributed by atoms with E-state index in [1.54, 1.807) is 16.7 Å². The first-order chi connectivity index (χ1) is 14.1. The van der Waals surface area contributed by atoms with Gasteiger partial charge in [0, 0.05) is 22.4 Å². The first kappa shape index (κ1) is 19.0. The van der Waals surface area contributed by atoms with Crippen LogP contribution >= 0.6 is 11.8 Å². The lowest BCUT2D eigenvalue weighted by Crippen LogP contribution is -2.23. The summed E-state index contributed by atoms with van der Waals surface area (Å²) in [6.45, 7) is 0.453. The number of rotatable bonds is 5. The van der Waals surface area contributed by atoms with Crippen molar-refractivity contribution >= 4 is 28.4 Å². The van der Waals surface area contributed by atoms with E-state index >= 15 is 0 Å². The fraction of sp³-hybridized carbons (Fsp3) is 0.0870. The molecule has 0 saturated carbocycles. The third-order valence-corrected chi connectivity index (χ3v) is 5.71.